The van der Waals surface area contributed by atoms with Crippen LogP contribution >= 0.6 is 0 Å². The Hall–Kier alpha value is -0.570. The Labute approximate surface area is 86.4 Å². The smallest absolute Gasteiger partial charge is 0.220 e. The van der Waals surface area contributed by atoms with Gasteiger partial charge in [-0.15, -0.1) is 0 Å². The molecule has 1 rings (SSSR count). The van der Waals surface area contributed by atoms with E-state index in [4.69, 9.17) is 5.73 Å². The van der Waals surface area contributed by atoms with Gasteiger partial charge in [0.15, 0.2) is 0 Å². The summed E-state index contributed by atoms with van der Waals surface area (Å²) < 4.78 is 0. The number of nitrogens with one attached hydrogen (secondary N) is 1. The van der Waals surface area contributed by atoms with Crippen LogP contribution in [0.15, 0.2) is 0 Å². The van der Waals surface area contributed by atoms with Gasteiger partial charge in [-0.25, -0.2) is 0 Å². The Morgan fingerprint density at radius 2 is 2.14 bits per heavy atom. The quantitative estimate of drug-likeness (QED) is 0.699. The highest BCUT2D eigenvalue weighted by Gasteiger charge is 2.16. The first kappa shape index (κ1) is 11.5. The number of amides is 1. The Morgan fingerprint density at radius 3 is 2.71 bits per heavy atom. The molecule has 3 nitrogen and oxygen atoms in total. The predicted octanol–water partition coefficient (Wildman–Crippen LogP) is 1.28. The second-order valence-corrected chi connectivity index (χ2v) is 4.50. The molecule has 1 saturated carbocycles. The predicted molar refractivity (Wildman–Crippen MR) is 57.8 cm³/mol. The van der Waals surface area contributed by atoms with Gasteiger partial charge in [0.25, 0.3) is 0 Å². The third kappa shape index (κ3) is 4.09. The third-order valence-corrected chi connectivity index (χ3v) is 3.00. The molecule has 1 amide bonds. The summed E-state index contributed by atoms with van der Waals surface area (Å²) in [6.45, 7) is 3.47. The molecule has 0 aromatic heterocycles. The molecule has 3 heteroatoms. The Balaban J connectivity index is 2.08. The van der Waals surface area contributed by atoms with Crippen molar-refractivity contribution in [2.24, 2.45) is 17.6 Å². The number of hydrogen-bond acceptors (Lipinski definition) is 2. The zero-order valence-corrected chi connectivity index (χ0v) is 9.09. The van der Waals surface area contributed by atoms with Crippen LogP contribution in [-0.4, -0.2) is 19.0 Å². The van der Waals surface area contributed by atoms with E-state index < -0.39 is 0 Å². The maximum Gasteiger partial charge on any atom is 0.220 e. The van der Waals surface area contributed by atoms with Crippen molar-refractivity contribution < 1.29 is 4.79 Å². The van der Waals surface area contributed by atoms with Crippen LogP contribution in [0.3, 0.4) is 0 Å². The SMILES string of the molecule is CC(CN)CC(=O)NCC1CCCC1. The van der Waals surface area contributed by atoms with Crippen molar-refractivity contribution in [2.45, 2.75) is 39.0 Å². The molecule has 3 N–H and O–H groups in total. The van der Waals surface area contributed by atoms with Crippen molar-refractivity contribution >= 4 is 5.91 Å². The number of carbonyl (C=O) groups is 1. The van der Waals surface area contributed by atoms with Crippen molar-refractivity contribution in [1.82, 2.24) is 5.32 Å². The van der Waals surface area contributed by atoms with Crippen LogP contribution in [0.1, 0.15) is 39.0 Å². The first-order valence-electron chi connectivity index (χ1n) is 5.69. The van der Waals surface area contributed by atoms with Crippen LogP contribution in [0.5, 0.6) is 0 Å². The fourth-order valence-electron chi connectivity index (χ4n) is 1.94. The molecule has 0 radical (unpaired) electrons. The first-order valence-corrected chi connectivity index (χ1v) is 5.69. The van der Waals surface area contributed by atoms with Gasteiger partial charge in [-0.3, -0.25) is 4.79 Å². The number of nitrogens with two attached hydrogens (primary N) is 1. The van der Waals surface area contributed by atoms with Crippen molar-refractivity contribution in [3.63, 3.8) is 0 Å². The summed E-state index contributed by atoms with van der Waals surface area (Å²) in [6, 6.07) is 0. The van der Waals surface area contributed by atoms with Gasteiger partial charge in [0.1, 0.15) is 0 Å². The maximum absolute atomic E-state index is 11.4. The molecule has 82 valence electrons. The van der Waals surface area contributed by atoms with Crippen LogP contribution in [0.4, 0.5) is 0 Å². The summed E-state index contributed by atoms with van der Waals surface area (Å²) in [5.74, 6) is 1.19. The zero-order chi connectivity index (χ0) is 10.4. The molecule has 0 bridgehead atoms. The summed E-state index contributed by atoms with van der Waals surface area (Å²) in [4.78, 5) is 11.4. The molecule has 14 heavy (non-hydrogen) atoms. The first-order chi connectivity index (χ1) is 6.72. The molecular weight excluding hydrogens is 176 g/mol. The van der Waals surface area contributed by atoms with E-state index in [0.717, 1.165) is 12.5 Å². The molecule has 1 fully saturated rings. The average molecular weight is 198 g/mol. The van der Waals surface area contributed by atoms with E-state index >= 15 is 0 Å². The Bertz CT molecular complexity index is 176. The van der Waals surface area contributed by atoms with Crippen LogP contribution < -0.4 is 11.1 Å². The lowest BCUT2D eigenvalue weighted by Crippen LogP contribution is -2.30. The number of rotatable bonds is 5. The lowest BCUT2D eigenvalue weighted by Gasteiger charge is -2.12. The van der Waals surface area contributed by atoms with Crippen LogP contribution in [-0.2, 0) is 4.79 Å². The summed E-state index contributed by atoms with van der Waals surface area (Å²) in [6.07, 6.45) is 5.81. The summed E-state index contributed by atoms with van der Waals surface area (Å²) in [7, 11) is 0. The molecule has 0 saturated heterocycles. The molecule has 1 aliphatic rings. The van der Waals surface area contributed by atoms with Crippen molar-refractivity contribution in [1.29, 1.82) is 0 Å². The second kappa shape index (κ2) is 6.02. The molecule has 1 aliphatic carbocycles. The van der Waals surface area contributed by atoms with Gasteiger partial charge in [0.2, 0.25) is 5.91 Å². The second-order valence-electron chi connectivity index (χ2n) is 4.50. The molecular formula is C11H22N2O. The van der Waals surface area contributed by atoms with Gasteiger partial charge in [-0.05, 0) is 31.2 Å². The van der Waals surface area contributed by atoms with Gasteiger partial charge < -0.3 is 11.1 Å². The minimum absolute atomic E-state index is 0.162. The Kier molecular flexibility index (Phi) is 4.94. The third-order valence-electron chi connectivity index (χ3n) is 3.00. The van der Waals surface area contributed by atoms with Crippen LogP contribution in [0.2, 0.25) is 0 Å². The summed E-state index contributed by atoms with van der Waals surface area (Å²) in [5, 5.41) is 3.00. The monoisotopic (exact) mass is 198 g/mol. The largest absolute Gasteiger partial charge is 0.356 e. The van der Waals surface area contributed by atoms with Gasteiger partial charge in [0, 0.05) is 13.0 Å². The lowest BCUT2D eigenvalue weighted by molar-refractivity contribution is -0.122. The molecule has 0 aromatic carbocycles. The lowest BCUT2D eigenvalue weighted by atomic mass is 10.1. The van der Waals surface area contributed by atoms with Crippen molar-refractivity contribution in [2.75, 3.05) is 13.1 Å². The fraction of sp³-hybridized carbons (Fsp3) is 0.909. The number of carbonyl (C=O) groups excluding carboxylic acids is 1. The van der Waals surface area contributed by atoms with Gasteiger partial charge in [0.05, 0.1) is 0 Å². The van der Waals surface area contributed by atoms with Gasteiger partial charge in [-0.1, -0.05) is 19.8 Å². The molecule has 0 spiro atoms. The van der Waals surface area contributed by atoms with E-state index in [2.05, 4.69) is 5.32 Å². The van der Waals surface area contributed by atoms with Crippen LogP contribution in [0.25, 0.3) is 0 Å². The van der Waals surface area contributed by atoms with E-state index in [1.165, 1.54) is 25.7 Å². The minimum Gasteiger partial charge on any atom is -0.356 e. The topological polar surface area (TPSA) is 55.1 Å². The fourth-order valence-corrected chi connectivity index (χ4v) is 1.94. The van der Waals surface area contributed by atoms with E-state index in [9.17, 15) is 4.79 Å². The van der Waals surface area contributed by atoms with E-state index in [-0.39, 0.29) is 5.91 Å². The number of hydrogen-bond donors (Lipinski definition) is 2. The summed E-state index contributed by atoms with van der Waals surface area (Å²) in [5.41, 5.74) is 5.46. The Morgan fingerprint density at radius 1 is 1.50 bits per heavy atom. The highest BCUT2D eigenvalue weighted by atomic mass is 16.1. The van der Waals surface area contributed by atoms with E-state index in [0.29, 0.717) is 18.9 Å². The molecule has 0 heterocycles. The van der Waals surface area contributed by atoms with Crippen molar-refractivity contribution in [3.8, 4) is 0 Å². The highest BCUT2D eigenvalue weighted by molar-refractivity contribution is 5.76. The van der Waals surface area contributed by atoms with Gasteiger partial charge >= 0.3 is 0 Å². The molecule has 1 unspecified atom stereocenters. The molecule has 0 aromatic rings. The van der Waals surface area contributed by atoms with Gasteiger partial charge in [-0.2, -0.15) is 0 Å². The normalized spacial score (nSPS) is 19.6. The molecule has 0 aliphatic heterocycles. The van der Waals surface area contributed by atoms with Crippen molar-refractivity contribution in [3.05, 3.63) is 0 Å². The van der Waals surface area contributed by atoms with E-state index in [1.807, 2.05) is 6.92 Å². The highest BCUT2D eigenvalue weighted by Crippen LogP contribution is 2.23. The minimum atomic E-state index is 0.162. The maximum atomic E-state index is 11.4. The van der Waals surface area contributed by atoms with Crippen LogP contribution in [0, 0.1) is 11.8 Å². The molecule has 1 atom stereocenters. The zero-order valence-electron chi connectivity index (χ0n) is 9.09. The van der Waals surface area contributed by atoms with E-state index in [1.54, 1.807) is 0 Å². The average Bonchev–Trinajstić information content (AvgIpc) is 2.67. The summed E-state index contributed by atoms with van der Waals surface area (Å²) >= 11 is 0. The standard InChI is InChI=1S/C11H22N2O/c1-9(7-12)6-11(14)13-8-10-4-2-3-5-10/h9-10H,2-8,12H2,1H3,(H,13,14).